The molecule has 1 fully saturated rings. The number of hydrogen-bond acceptors (Lipinski definition) is 11. The fourth-order valence-electron chi connectivity index (χ4n) is 3.24. The third kappa shape index (κ3) is 3.18. The number of nitrogen functional groups attached to an aromatic ring is 1. The van der Waals surface area contributed by atoms with Crippen LogP contribution in [0, 0.1) is 11.3 Å². The first-order valence-electron chi connectivity index (χ1n) is 8.77. The van der Waals surface area contributed by atoms with Crippen LogP contribution >= 0.6 is 0 Å². The highest BCUT2D eigenvalue weighted by Crippen LogP contribution is 2.40. The van der Waals surface area contributed by atoms with Crippen LogP contribution in [-0.4, -0.2) is 66.1 Å². The van der Waals surface area contributed by atoms with E-state index in [-0.39, 0.29) is 18.1 Å². The van der Waals surface area contributed by atoms with Gasteiger partial charge in [0, 0.05) is 11.8 Å². The monoisotopic (exact) mass is 415 g/mol. The van der Waals surface area contributed by atoms with Crippen LogP contribution in [0.2, 0.25) is 0 Å². The summed E-state index contributed by atoms with van der Waals surface area (Å²) in [6.07, 6.45) is -1.15. The summed E-state index contributed by atoms with van der Waals surface area (Å²) in [5.41, 5.74) is 5.00. The number of nitrogens with zero attached hydrogens (tertiary/aromatic N) is 5. The standard InChI is InChI=1S/C17H17N7O6/c18-7-17(12-2-1-10-15(19)20-8-23-24(10)12)14(26)13(25)11(30-17)6-29-16(27)28-5-9-3-21-22-4-9/h1-4,8,11,13-14,25-26H,5-6H2,(H,21,22)(H2,19,20,23)/t11-,13-,14-,17+/m1/s1. The number of aromatic amines is 1. The number of ether oxygens (including phenoxy) is 3. The first kappa shape index (κ1) is 19.6. The third-order valence-electron chi connectivity index (χ3n) is 4.76. The van der Waals surface area contributed by atoms with E-state index in [1.807, 2.05) is 6.07 Å². The molecule has 4 rings (SSSR count). The van der Waals surface area contributed by atoms with Crippen molar-refractivity contribution < 1.29 is 29.2 Å². The van der Waals surface area contributed by atoms with E-state index in [9.17, 15) is 20.3 Å². The largest absolute Gasteiger partial charge is 0.508 e. The first-order chi connectivity index (χ1) is 14.5. The summed E-state index contributed by atoms with van der Waals surface area (Å²) in [6.45, 7) is -0.516. The summed E-state index contributed by atoms with van der Waals surface area (Å²) in [6, 6.07) is 4.94. The maximum atomic E-state index is 11.8. The van der Waals surface area contributed by atoms with Gasteiger partial charge in [-0.15, -0.1) is 0 Å². The van der Waals surface area contributed by atoms with Crippen LogP contribution in [-0.2, 0) is 26.4 Å². The Hall–Kier alpha value is -3.73. The molecule has 0 radical (unpaired) electrons. The molecule has 30 heavy (non-hydrogen) atoms. The van der Waals surface area contributed by atoms with Crippen molar-refractivity contribution in [1.82, 2.24) is 24.8 Å². The topological polar surface area (TPSA) is 194 Å². The van der Waals surface area contributed by atoms with Crippen LogP contribution in [0.1, 0.15) is 11.3 Å². The molecule has 0 amide bonds. The van der Waals surface area contributed by atoms with Gasteiger partial charge in [-0.1, -0.05) is 0 Å². The van der Waals surface area contributed by atoms with E-state index in [0.29, 0.717) is 11.1 Å². The second kappa shape index (κ2) is 7.59. The number of H-pyrrole nitrogens is 1. The summed E-state index contributed by atoms with van der Waals surface area (Å²) in [4.78, 5) is 15.6. The number of carbonyl (C=O) groups is 1. The predicted molar refractivity (Wildman–Crippen MR) is 96.3 cm³/mol. The molecule has 156 valence electrons. The van der Waals surface area contributed by atoms with Crippen LogP contribution in [0.15, 0.2) is 30.9 Å². The SMILES string of the molecule is N#C[C@@]1(c2ccc3c(N)ncnn23)O[C@H](COC(=O)OCc2cn[nH]c2)[C@@H](O)[C@H]1O. The highest BCUT2D eigenvalue weighted by molar-refractivity contribution is 5.66. The Morgan fingerprint density at radius 1 is 1.43 bits per heavy atom. The first-order valence-corrected chi connectivity index (χ1v) is 8.77. The second-order valence-corrected chi connectivity index (χ2v) is 6.56. The van der Waals surface area contributed by atoms with Crippen LogP contribution < -0.4 is 5.73 Å². The molecule has 1 aliphatic heterocycles. The Kier molecular flexibility index (Phi) is 4.96. The average Bonchev–Trinajstić information content (AvgIpc) is 3.47. The molecule has 3 aromatic heterocycles. The lowest BCUT2D eigenvalue weighted by Gasteiger charge is -2.24. The molecule has 1 saturated heterocycles. The number of anilines is 1. The normalized spacial score (nSPS) is 25.8. The van der Waals surface area contributed by atoms with Gasteiger partial charge in [-0.25, -0.2) is 14.3 Å². The number of nitrogens with two attached hydrogens (primary N) is 1. The van der Waals surface area contributed by atoms with E-state index in [1.54, 1.807) is 12.3 Å². The molecule has 3 aromatic rings. The summed E-state index contributed by atoms with van der Waals surface area (Å²) in [5, 5.41) is 41.2. The van der Waals surface area contributed by atoms with Gasteiger partial charge in [0.2, 0.25) is 5.60 Å². The number of nitrogens with one attached hydrogen (secondary N) is 1. The Morgan fingerprint density at radius 3 is 3.00 bits per heavy atom. The average molecular weight is 415 g/mol. The Morgan fingerprint density at radius 2 is 2.27 bits per heavy atom. The molecule has 0 bridgehead atoms. The van der Waals surface area contributed by atoms with Gasteiger partial charge >= 0.3 is 6.16 Å². The highest BCUT2D eigenvalue weighted by Gasteiger charge is 2.57. The van der Waals surface area contributed by atoms with Crippen LogP contribution in [0.5, 0.6) is 0 Å². The van der Waals surface area contributed by atoms with Gasteiger partial charge in [-0.2, -0.15) is 15.5 Å². The van der Waals surface area contributed by atoms with E-state index in [0.717, 1.165) is 0 Å². The van der Waals surface area contributed by atoms with Crippen molar-refractivity contribution in [2.75, 3.05) is 12.3 Å². The predicted octanol–water partition coefficient (Wildman–Crippen LogP) is -0.773. The lowest BCUT2D eigenvalue weighted by atomic mass is 9.92. The van der Waals surface area contributed by atoms with E-state index < -0.39 is 36.7 Å². The zero-order valence-electron chi connectivity index (χ0n) is 15.4. The molecule has 0 aromatic carbocycles. The molecular formula is C17H17N7O6. The van der Waals surface area contributed by atoms with E-state index >= 15 is 0 Å². The maximum absolute atomic E-state index is 11.8. The van der Waals surface area contributed by atoms with Gasteiger partial charge in [0.15, 0.2) is 5.82 Å². The van der Waals surface area contributed by atoms with E-state index in [2.05, 4.69) is 20.3 Å². The Balaban J connectivity index is 1.49. The lowest BCUT2D eigenvalue weighted by molar-refractivity contribution is -0.0725. The van der Waals surface area contributed by atoms with Crippen LogP contribution in [0.25, 0.3) is 5.52 Å². The van der Waals surface area contributed by atoms with Crippen molar-refractivity contribution in [3.05, 3.63) is 42.1 Å². The van der Waals surface area contributed by atoms with Crippen molar-refractivity contribution in [2.24, 2.45) is 0 Å². The molecule has 13 nitrogen and oxygen atoms in total. The molecule has 1 aliphatic rings. The number of nitriles is 1. The Labute approximate surface area is 168 Å². The smallest absolute Gasteiger partial charge is 0.431 e. The fraction of sp³-hybridized carbons (Fsp3) is 0.353. The van der Waals surface area contributed by atoms with Crippen molar-refractivity contribution in [3.63, 3.8) is 0 Å². The molecular weight excluding hydrogens is 398 g/mol. The van der Waals surface area contributed by atoms with Gasteiger partial charge in [0.1, 0.15) is 49.4 Å². The molecule has 0 spiro atoms. The number of hydrogen-bond donors (Lipinski definition) is 4. The van der Waals surface area contributed by atoms with E-state index in [1.165, 1.54) is 23.1 Å². The summed E-state index contributed by atoms with van der Waals surface area (Å²) in [5.74, 6) is 0.164. The fourth-order valence-corrected chi connectivity index (χ4v) is 3.24. The maximum Gasteiger partial charge on any atom is 0.508 e. The van der Waals surface area contributed by atoms with Gasteiger partial charge in [0.25, 0.3) is 0 Å². The minimum atomic E-state index is -1.97. The lowest BCUT2D eigenvalue weighted by Crippen LogP contribution is -2.41. The molecule has 4 atom stereocenters. The van der Waals surface area contributed by atoms with Gasteiger partial charge in [-0.05, 0) is 12.1 Å². The number of aliphatic hydroxyl groups excluding tert-OH is 2. The second-order valence-electron chi connectivity index (χ2n) is 6.56. The summed E-state index contributed by atoms with van der Waals surface area (Å²) < 4.78 is 16.8. The quantitative estimate of drug-likeness (QED) is 0.382. The number of aromatic nitrogens is 5. The van der Waals surface area contributed by atoms with Gasteiger partial charge in [-0.3, -0.25) is 5.10 Å². The number of carbonyl (C=O) groups excluding carboxylic acids is 1. The molecule has 13 heteroatoms. The van der Waals surface area contributed by atoms with Crippen molar-refractivity contribution >= 4 is 17.5 Å². The zero-order valence-corrected chi connectivity index (χ0v) is 15.4. The number of rotatable bonds is 5. The summed E-state index contributed by atoms with van der Waals surface area (Å²) in [7, 11) is 0. The number of fused-ring (bicyclic) bond motifs is 1. The van der Waals surface area contributed by atoms with Crippen LogP contribution in [0.4, 0.5) is 10.6 Å². The number of aliphatic hydroxyl groups is 2. The molecule has 4 heterocycles. The molecule has 0 unspecified atom stereocenters. The molecule has 5 N–H and O–H groups in total. The molecule has 0 saturated carbocycles. The van der Waals surface area contributed by atoms with Crippen molar-refractivity contribution in [1.29, 1.82) is 5.26 Å². The zero-order chi connectivity index (χ0) is 21.3. The van der Waals surface area contributed by atoms with Gasteiger partial charge in [0.05, 0.1) is 11.9 Å². The minimum Gasteiger partial charge on any atom is -0.431 e. The minimum absolute atomic E-state index is 0.0640. The van der Waals surface area contributed by atoms with Crippen LogP contribution in [0.3, 0.4) is 0 Å². The third-order valence-corrected chi connectivity index (χ3v) is 4.76. The van der Waals surface area contributed by atoms with Crippen molar-refractivity contribution in [2.45, 2.75) is 30.5 Å². The van der Waals surface area contributed by atoms with Gasteiger partial charge < -0.3 is 30.2 Å². The van der Waals surface area contributed by atoms with E-state index in [4.69, 9.17) is 19.9 Å². The van der Waals surface area contributed by atoms with Crippen molar-refractivity contribution in [3.8, 4) is 6.07 Å². The summed E-state index contributed by atoms with van der Waals surface area (Å²) >= 11 is 0. The highest BCUT2D eigenvalue weighted by atomic mass is 16.7. The molecule has 0 aliphatic carbocycles. The Bertz CT molecular complexity index is 1090.